The molecule has 2 heterocycles. The van der Waals surface area contributed by atoms with Crippen molar-refractivity contribution in [1.82, 2.24) is 25.1 Å². The first-order chi connectivity index (χ1) is 16.6. The van der Waals surface area contributed by atoms with Crippen molar-refractivity contribution in [2.45, 2.75) is 51.1 Å². The van der Waals surface area contributed by atoms with Gasteiger partial charge in [0, 0.05) is 11.7 Å². The Balaban J connectivity index is 1.43. The molecule has 9 nitrogen and oxygen atoms in total. The fourth-order valence-corrected chi connectivity index (χ4v) is 5.38. The summed E-state index contributed by atoms with van der Waals surface area (Å²) >= 11 is 0. The molecule has 2 aliphatic rings. The van der Waals surface area contributed by atoms with Gasteiger partial charge in [-0.25, -0.2) is 4.68 Å². The van der Waals surface area contributed by atoms with Crippen molar-refractivity contribution in [2.75, 3.05) is 12.4 Å². The van der Waals surface area contributed by atoms with E-state index in [2.05, 4.69) is 20.8 Å². The summed E-state index contributed by atoms with van der Waals surface area (Å²) in [6, 6.07) is 12.4. The molecule has 1 aliphatic carbocycles. The Hall–Kier alpha value is -3.75. The quantitative estimate of drug-likeness (QED) is 0.626. The van der Waals surface area contributed by atoms with E-state index in [1.807, 2.05) is 42.2 Å². The van der Waals surface area contributed by atoms with Gasteiger partial charge in [-0.1, -0.05) is 31.0 Å². The summed E-state index contributed by atoms with van der Waals surface area (Å²) in [7, 11) is 1.56. The molecule has 3 aromatic rings. The molecule has 1 saturated carbocycles. The monoisotopic (exact) mass is 460 g/mol. The number of fused-ring (bicyclic) bond motifs is 1. The van der Waals surface area contributed by atoms with Crippen LogP contribution in [0.25, 0.3) is 5.69 Å². The van der Waals surface area contributed by atoms with E-state index in [4.69, 9.17) is 4.74 Å². The van der Waals surface area contributed by atoms with Gasteiger partial charge in [-0.3, -0.25) is 9.59 Å². The highest BCUT2D eigenvalue weighted by atomic mass is 16.5. The number of hydrogen-bond acceptors (Lipinski definition) is 6. The molecule has 176 valence electrons. The van der Waals surface area contributed by atoms with E-state index < -0.39 is 6.04 Å². The number of methoxy groups -OCH3 is 1. The first-order valence-electron chi connectivity index (χ1n) is 11.7. The van der Waals surface area contributed by atoms with Gasteiger partial charge in [0.1, 0.15) is 18.1 Å². The Kier molecular flexibility index (Phi) is 6.00. The van der Waals surface area contributed by atoms with E-state index >= 15 is 0 Å². The molecule has 3 unspecified atom stereocenters. The SMILES string of the molecule is COc1ccccc1C(=O)N1C(C(=O)Nc2ccc(C)c(-n3cnnn3)c2)CC2CCCCC21. The topological polar surface area (TPSA) is 102 Å². The maximum atomic E-state index is 13.7. The van der Waals surface area contributed by atoms with Crippen molar-refractivity contribution in [3.05, 3.63) is 59.9 Å². The summed E-state index contributed by atoms with van der Waals surface area (Å²) in [5.41, 5.74) is 2.89. The van der Waals surface area contributed by atoms with Crippen LogP contribution in [-0.2, 0) is 4.79 Å². The number of hydrogen-bond donors (Lipinski definition) is 1. The van der Waals surface area contributed by atoms with Crippen molar-refractivity contribution in [3.8, 4) is 11.4 Å². The minimum Gasteiger partial charge on any atom is -0.496 e. The van der Waals surface area contributed by atoms with Gasteiger partial charge in [0.25, 0.3) is 5.91 Å². The number of likely N-dealkylation sites (tertiary alicyclic amines) is 1. The first kappa shape index (κ1) is 22.1. The molecule has 1 saturated heterocycles. The molecular formula is C25H28N6O3. The molecule has 1 aliphatic heterocycles. The smallest absolute Gasteiger partial charge is 0.258 e. The zero-order valence-corrected chi connectivity index (χ0v) is 19.3. The molecule has 0 spiro atoms. The second kappa shape index (κ2) is 9.24. The van der Waals surface area contributed by atoms with Crippen molar-refractivity contribution in [2.24, 2.45) is 5.92 Å². The van der Waals surface area contributed by atoms with Gasteiger partial charge >= 0.3 is 0 Å². The summed E-state index contributed by atoms with van der Waals surface area (Å²) in [6.45, 7) is 1.96. The highest BCUT2D eigenvalue weighted by Crippen LogP contribution is 2.41. The van der Waals surface area contributed by atoms with Gasteiger partial charge in [-0.2, -0.15) is 0 Å². The molecular weight excluding hydrogens is 432 g/mol. The third-order valence-electron chi connectivity index (χ3n) is 7.04. The van der Waals surface area contributed by atoms with Crippen LogP contribution >= 0.6 is 0 Å². The van der Waals surface area contributed by atoms with Crippen LogP contribution in [0.1, 0.15) is 48.0 Å². The molecule has 0 bridgehead atoms. The summed E-state index contributed by atoms with van der Waals surface area (Å²) in [6.07, 6.45) is 6.35. The first-order valence-corrected chi connectivity index (χ1v) is 11.7. The highest BCUT2D eigenvalue weighted by Gasteiger charge is 2.48. The maximum Gasteiger partial charge on any atom is 0.258 e. The second-order valence-corrected chi connectivity index (χ2v) is 9.02. The largest absolute Gasteiger partial charge is 0.496 e. The minimum absolute atomic E-state index is 0.0664. The molecule has 2 aromatic carbocycles. The number of carbonyl (C=O) groups excluding carboxylic acids is 2. The summed E-state index contributed by atoms with van der Waals surface area (Å²) < 4.78 is 7.01. The Morgan fingerprint density at radius 3 is 2.74 bits per heavy atom. The number of tetrazole rings is 1. The standard InChI is InChI=1S/C25H28N6O3/c1-16-11-12-18(14-21(16)30-15-26-28-29-30)27-24(32)22-13-17-7-3-5-9-20(17)31(22)25(33)19-8-4-6-10-23(19)34-2/h4,6,8,10-12,14-15,17,20,22H,3,5,7,9,13H2,1-2H3,(H,27,32). The molecule has 0 radical (unpaired) electrons. The lowest BCUT2D eigenvalue weighted by Gasteiger charge is -2.34. The number of nitrogens with zero attached hydrogens (tertiary/aromatic N) is 5. The summed E-state index contributed by atoms with van der Waals surface area (Å²) in [4.78, 5) is 29.1. The van der Waals surface area contributed by atoms with Crippen LogP contribution in [0.4, 0.5) is 5.69 Å². The predicted octanol–water partition coefficient (Wildman–Crippen LogP) is 3.39. The van der Waals surface area contributed by atoms with E-state index in [1.54, 1.807) is 23.9 Å². The van der Waals surface area contributed by atoms with E-state index in [0.717, 1.165) is 36.9 Å². The lowest BCUT2D eigenvalue weighted by atomic mass is 9.84. The van der Waals surface area contributed by atoms with Crippen molar-refractivity contribution in [1.29, 1.82) is 0 Å². The number of anilines is 1. The van der Waals surface area contributed by atoms with Gasteiger partial charge < -0.3 is 15.0 Å². The summed E-state index contributed by atoms with van der Waals surface area (Å²) in [5.74, 6) is 0.531. The van der Waals surface area contributed by atoms with Crippen LogP contribution in [0, 0.1) is 12.8 Å². The highest BCUT2D eigenvalue weighted by molar-refractivity contribution is 6.03. The Bertz CT molecular complexity index is 1200. The van der Waals surface area contributed by atoms with Gasteiger partial charge in [-0.05, 0) is 72.4 Å². The van der Waals surface area contributed by atoms with E-state index in [9.17, 15) is 9.59 Å². The number of amides is 2. The van der Waals surface area contributed by atoms with E-state index in [-0.39, 0.29) is 17.9 Å². The molecule has 3 atom stereocenters. The Morgan fingerprint density at radius 2 is 1.94 bits per heavy atom. The fourth-order valence-electron chi connectivity index (χ4n) is 5.38. The lowest BCUT2D eigenvalue weighted by molar-refractivity contribution is -0.120. The molecule has 9 heteroatoms. The number of aryl methyl sites for hydroxylation is 1. The molecule has 1 aromatic heterocycles. The zero-order valence-electron chi connectivity index (χ0n) is 19.3. The average Bonchev–Trinajstić information content (AvgIpc) is 3.53. The average molecular weight is 461 g/mol. The second-order valence-electron chi connectivity index (χ2n) is 9.02. The molecule has 2 amide bonds. The van der Waals surface area contributed by atoms with E-state index in [0.29, 0.717) is 29.3 Å². The molecule has 5 rings (SSSR count). The van der Waals surface area contributed by atoms with Crippen molar-refractivity contribution in [3.63, 3.8) is 0 Å². The number of para-hydroxylation sites is 1. The van der Waals surface area contributed by atoms with Crippen molar-refractivity contribution < 1.29 is 14.3 Å². The number of benzene rings is 2. The van der Waals surface area contributed by atoms with Crippen LogP contribution in [0.2, 0.25) is 0 Å². The normalized spacial score (nSPS) is 21.7. The third kappa shape index (κ3) is 4.02. The predicted molar refractivity (Wildman–Crippen MR) is 126 cm³/mol. The van der Waals surface area contributed by atoms with Crippen LogP contribution in [0.15, 0.2) is 48.8 Å². The minimum atomic E-state index is -0.539. The zero-order chi connectivity index (χ0) is 23.7. The van der Waals surface area contributed by atoms with Crippen LogP contribution < -0.4 is 10.1 Å². The number of aromatic nitrogens is 4. The van der Waals surface area contributed by atoms with Crippen LogP contribution in [0.5, 0.6) is 5.75 Å². The lowest BCUT2D eigenvalue weighted by Crippen LogP contribution is -2.48. The molecule has 34 heavy (non-hydrogen) atoms. The van der Waals surface area contributed by atoms with Crippen LogP contribution in [0.3, 0.4) is 0 Å². The Labute approximate surface area is 198 Å². The number of carbonyl (C=O) groups is 2. The molecule has 2 fully saturated rings. The van der Waals surface area contributed by atoms with E-state index in [1.165, 1.54) is 6.33 Å². The number of ether oxygens (including phenoxy) is 1. The van der Waals surface area contributed by atoms with Gasteiger partial charge in [-0.15, -0.1) is 5.10 Å². The number of rotatable bonds is 5. The van der Waals surface area contributed by atoms with Crippen LogP contribution in [-0.4, -0.2) is 56.1 Å². The Morgan fingerprint density at radius 1 is 1.12 bits per heavy atom. The maximum absolute atomic E-state index is 13.7. The number of nitrogens with one attached hydrogen (secondary N) is 1. The van der Waals surface area contributed by atoms with Gasteiger partial charge in [0.2, 0.25) is 5.91 Å². The van der Waals surface area contributed by atoms with Gasteiger partial charge in [0.05, 0.1) is 18.4 Å². The third-order valence-corrected chi connectivity index (χ3v) is 7.04. The molecule has 1 N–H and O–H groups in total. The fraction of sp³-hybridized carbons (Fsp3) is 0.400. The summed E-state index contributed by atoms with van der Waals surface area (Å²) in [5, 5.41) is 14.4. The van der Waals surface area contributed by atoms with Gasteiger partial charge in [0.15, 0.2) is 0 Å². The van der Waals surface area contributed by atoms with Crippen molar-refractivity contribution >= 4 is 17.5 Å².